The molecular weight excluding hydrogens is 469 g/mol. The molecule has 3 aromatic rings. The lowest BCUT2D eigenvalue weighted by molar-refractivity contribution is -0.126. The van der Waals surface area contributed by atoms with E-state index < -0.39 is 39.4 Å². The standard InChI is InChI=1S/C23H23F3N4O3S/c1-29-12-9-27-22(29)21(16-3-2-4-17(24)13-16)28-23(31)15-7-10-30(11-8-15)34(32,33)18-5-6-19(25)20(26)14-18/h2-6,9,12-15,21H,7-8,10-11H2,1H3,(H,28,31). The number of hydrogen-bond donors (Lipinski definition) is 1. The van der Waals surface area contributed by atoms with Gasteiger partial charge >= 0.3 is 0 Å². The summed E-state index contributed by atoms with van der Waals surface area (Å²) in [5.74, 6) is -3.07. The highest BCUT2D eigenvalue weighted by Gasteiger charge is 2.34. The fourth-order valence-corrected chi connectivity index (χ4v) is 5.53. The first kappa shape index (κ1) is 24.0. The molecule has 4 rings (SSSR count). The third-order valence-corrected chi connectivity index (χ3v) is 7.83. The number of nitrogens with zero attached hydrogens (tertiary/aromatic N) is 3. The van der Waals surface area contributed by atoms with Gasteiger partial charge in [0.05, 0.1) is 4.90 Å². The highest BCUT2D eigenvalue weighted by atomic mass is 32.2. The average Bonchev–Trinajstić information content (AvgIpc) is 3.24. The number of rotatable bonds is 6. The molecule has 1 unspecified atom stereocenters. The van der Waals surface area contributed by atoms with E-state index in [2.05, 4.69) is 10.3 Å². The zero-order chi connectivity index (χ0) is 24.5. The van der Waals surface area contributed by atoms with Crippen molar-refractivity contribution in [3.8, 4) is 0 Å². The summed E-state index contributed by atoms with van der Waals surface area (Å²) in [7, 11) is -2.26. The number of piperidine rings is 1. The minimum atomic E-state index is -4.02. The second kappa shape index (κ2) is 9.59. The molecule has 11 heteroatoms. The normalized spacial score (nSPS) is 16.4. The third kappa shape index (κ3) is 4.85. The summed E-state index contributed by atoms with van der Waals surface area (Å²) in [6.07, 6.45) is 3.78. The van der Waals surface area contributed by atoms with E-state index >= 15 is 0 Å². The van der Waals surface area contributed by atoms with E-state index in [1.54, 1.807) is 36.1 Å². The zero-order valence-corrected chi connectivity index (χ0v) is 19.1. The number of sulfonamides is 1. The van der Waals surface area contributed by atoms with Crippen molar-refractivity contribution in [1.29, 1.82) is 0 Å². The summed E-state index contributed by atoms with van der Waals surface area (Å²) in [5.41, 5.74) is 0.529. The van der Waals surface area contributed by atoms with Crippen LogP contribution in [0.2, 0.25) is 0 Å². The molecule has 0 aliphatic carbocycles. The van der Waals surface area contributed by atoms with E-state index in [0.717, 1.165) is 16.4 Å². The summed E-state index contributed by atoms with van der Waals surface area (Å²) >= 11 is 0. The van der Waals surface area contributed by atoms with Crippen molar-refractivity contribution < 1.29 is 26.4 Å². The molecule has 2 heterocycles. The highest BCUT2D eigenvalue weighted by Crippen LogP contribution is 2.27. The van der Waals surface area contributed by atoms with Gasteiger partial charge in [-0.25, -0.2) is 26.6 Å². The van der Waals surface area contributed by atoms with Gasteiger partial charge in [0.1, 0.15) is 17.7 Å². The quantitative estimate of drug-likeness (QED) is 0.573. The number of amides is 1. The predicted molar refractivity (Wildman–Crippen MR) is 117 cm³/mol. The Labute approximate surface area is 195 Å². The molecule has 1 atom stereocenters. The monoisotopic (exact) mass is 492 g/mol. The Morgan fingerprint density at radius 2 is 1.82 bits per heavy atom. The number of halogens is 3. The van der Waals surface area contributed by atoms with Gasteiger partial charge in [0, 0.05) is 38.4 Å². The molecule has 1 amide bonds. The van der Waals surface area contributed by atoms with Gasteiger partial charge in [-0.15, -0.1) is 0 Å². The van der Waals surface area contributed by atoms with Crippen LogP contribution in [-0.4, -0.2) is 41.3 Å². The lowest BCUT2D eigenvalue weighted by Gasteiger charge is -2.31. The van der Waals surface area contributed by atoms with Crippen LogP contribution in [0.1, 0.15) is 30.3 Å². The molecule has 1 aliphatic heterocycles. The van der Waals surface area contributed by atoms with Crippen LogP contribution in [0.5, 0.6) is 0 Å². The number of carbonyl (C=O) groups excluding carboxylic acids is 1. The van der Waals surface area contributed by atoms with Gasteiger partial charge in [-0.3, -0.25) is 4.79 Å². The molecule has 1 saturated heterocycles. The second-order valence-corrected chi connectivity index (χ2v) is 10.1. The van der Waals surface area contributed by atoms with Gasteiger partial charge < -0.3 is 9.88 Å². The third-order valence-electron chi connectivity index (χ3n) is 5.94. The molecule has 0 saturated carbocycles. The number of hydrogen-bond acceptors (Lipinski definition) is 4. The van der Waals surface area contributed by atoms with Crippen molar-refractivity contribution in [1.82, 2.24) is 19.2 Å². The van der Waals surface area contributed by atoms with Crippen molar-refractivity contribution in [2.24, 2.45) is 13.0 Å². The Bertz CT molecular complexity index is 1300. The maximum absolute atomic E-state index is 13.9. The van der Waals surface area contributed by atoms with Crippen molar-refractivity contribution >= 4 is 15.9 Å². The Kier molecular flexibility index (Phi) is 6.76. The maximum Gasteiger partial charge on any atom is 0.243 e. The molecule has 1 aliphatic rings. The number of benzene rings is 2. The minimum Gasteiger partial charge on any atom is -0.342 e. The summed E-state index contributed by atoms with van der Waals surface area (Å²) in [6.45, 7) is 0.0961. The Hall–Kier alpha value is -3.18. The fourth-order valence-electron chi connectivity index (χ4n) is 4.04. The molecule has 1 N–H and O–H groups in total. The second-order valence-electron chi connectivity index (χ2n) is 8.15. The molecule has 7 nitrogen and oxygen atoms in total. The van der Waals surface area contributed by atoms with E-state index in [1.165, 1.54) is 12.1 Å². The van der Waals surface area contributed by atoms with Crippen molar-refractivity contribution in [2.75, 3.05) is 13.1 Å². The molecule has 180 valence electrons. The van der Waals surface area contributed by atoms with Crippen molar-refractivity contribution in [3.05, 3.63) is 83.7 Å². The van der Waals surface area contributed by atoms with E-state index in [4.69, 9.17) is 0 Å². The summed E-state index contributed by atoms with van der Waals surface area (Å²) in [4.78, 5) is 17.0. The number of aryl methyl sites for hydroxylation is 1. The van der Waals surface area contributed by atoms with Gasteiger partial charge in [-0.05, 0) is 48.7 Å². The first-order chi connectivity index (χ1) is 16.2. The van der Waals surface area contributed by atoms with Gasteiger partial charge in [0.15, 0.2) is 11.6 Å². The molecule has 0 radical (unpaired) electrons. The number of carbonyl (C=O) groups is 1. The molecule has 2 aromatic carbocycles. The predicted octanol–water partition coefficient (Wildman–Crippen LogP) is 3.14. The Morgan fingerprint density at radius 3 is 2.44 bits per heavy atom. The van der Waals surface area contributed by atoms with Crippen LogP contribution in [0.25, 0.3) is 0 Å². The van der Waals surface area contributed by atoms with Crippen LogP contribution in [0.15, 0.2) is 59.8 Å². The van der Waals surface area contributed by atoms with Gasteiger partial charge in [0.25, 0.3) is 0 Å². The van der Waals surface area contributed by atoms with Crippen LogP contribution in [0, 0.1) is 23.4 Å². The van der Waals surface area contributed by atoms with Gasteiger partial charge in [0.2, 0.25) is 15.9 Å². The average molecular weight is 493 g/mol. The number of nitrogens with one attached hydrogen (secondary N) is 1. The lowest BCUT2D eigenvalue weighted by atomic mass is 9.96. The first-order valence-corrected chi connectivity index (χ1v) is 12.1. The van der Waals surface area contributed by atoms with Gasteiger partial charge in [-0.1, -0.05) is 12.1 Å². The largest absolute Gasteiger partial charge is 0.342 e. The minimum absolute atomic E-state index is 0.0481. The summed E-state index contributed by atoms with van der Waals surface area (Å²) < 4.78 is 69.1. The van der Waals surface area contributed by atoms with Gasteiger partial charge in [-0.2, -0.15) is 4.31 Å². The van der Waals surface area contributed by atoms with Crippen molar-refractivity contribution in [3.63, 3.8) is 0 Å². The molecule has 1 fully saturated rings. The lowest BCUT2D eigenvalue weighted by Crippen LogP contribution is -2.44. The molecule has 0 bridgehead atoms. The van der Waals surface area contributed by atoms with Crippen LogP contribution < -0.4 is 5.32 Å². The first-order valence-electron chi connectivity index (χ1n) is 10.6. The SMILES string of the molecule is Cn1ccnc1C(NC(=O)C1CCN(S(=O)(=O)c2ccc(F)c(F)c2)CC1)c1cccc(F)c1. The van der Waals surface area contributed by atoms with E-state index in [-0.39, 0.29) is 36.7 Å². The Balaban J connectivity index is 1.47. The number of imidazole rings is 1. The van der Waals surface area contributed by atoms with Crippen LogP contribution in [-0.2, 0) is 21.9 Å². The van der Waals surface area contributed by atoms with Crippen molar-refractivity contribution in [2.45, 2.75) is 23.8 Å². The highest BCUT2D eigenvalue weighted by molar-refractivity contribution is 7.89. The van der Waals surface area contributed by atoms with Crippen LogP contribution >= 0.6 is 0 Å². The smallest absolute Gasteiger partial charge is 0.243 e. The molecular formula is C23H23F3N4O3S. The Morgan fingerprint density at radius 1 is 1.09 bits per heavy atom. The summed E-state index contributed by atoms with van der Waals surface area (Å²) in [5, 5.41) is 2.92. The zero-order valence-electron chi connectivity index (χ0n) is 18.3. The maximum atomic E-state index is 13.9. The number of aromatic nitrogens is 2. The van der Waals surface area contributed by atoms with E-state index in [9.17, 15) is 26.4 Å². The fraction of sp³-hybridized carbons (Fsp3) is 0.304. The van der Waals surface area contributed by atoms with Crippen LogP contribution in [0.3, 0.4) is 0 Å². The molecule has 0 spiro atoms. The van der Waals surface area contributed by atoms with Crippen LogP contribution in [0.4, 0.5) is 13.2 Å². The summed E-state index contributed by atoms with van der Waals surface area (Å²) in [6, 6.07) is 7.64. The molecule has 34 heavy (non-hydrogen) atoms. The van der Waals surface area contributed by atoms with E-state index in [1.807, 2.05) is 0 Å². The topological polar surface area (TPSA) is 84.3 Å². The van der Waals surface area contributed by atoms with E-state index in [0.29, 0.717) is 17.5 Å². The molecule has 1 aromatic heterocycles.